The Balaban J connectivity index is 1.35. The predicted octanol–water partition coefficient (Wildman–Crippen LogP) is 2.65. The van der Waals surface area contributed by atoms with Gasteiger partial charge in [0.1, 0.15) is 11.5 Å². The Morgan fingerprint density at radius 3 is 2.27 bits per heavy atom. The molecule has 0 spiro atoms. The molecule has 2 aliphatic rings. The molecule has 1 saturated heterocycles. The zero-order chi connectivity index (χ0) is 29.3. The van der Waals surface area contributed by atoms with Crippen molar-refractivity contribution in [2.24, 2.45) is 0 Å². The Morgan fingerprint density at radius 1 is 1.00 bits per heavy atom. The monoisotopic (exact) mass is 580 g/mol. The minimum atomic E-state index is -4.69. The van der Waals surface area contributed by atoms with Crippen LogP contribution in [0.4, 0.5) is 10.1 Å². The summed E-state index contributed by atoms with van der Waals surface area (Å²) in [5, 5.41) is -3.56. The van der Waals surface area contributed by atoms with Crippen molar-refractivity contribution in [3.63, 3.8) is 0 Å². The molecule has 0 atom stereocenters. The average molecular weight is 580 g/mol. The van der Waals surface area contributed by atoms with Crippen molar-refractivity contribution in [2.45, 2.75) is 42.3 Å². The maximum absolute atomic E-state index is 15.8. The van der Waals surface area contributed by atoms with E-state index in [1.54, 1.807) is 24.7 Å². The molecule has 0 bridgehead atoms. The molecule has 6 rings (SSSR count). The Hall–Kier alpha value is -3.15. The van der Waals surface area contributed by atoms with Gasteiger partial charge in [0.15, 0.2) is 11.6 Å². The van der Waals surface area contributed by atoms with Gasteiger partial charge in [0.2, 0.25) is 0 Å². The summed E-state index contributed by atoms with van der Waals surface area (Å²) < 4.78 is 44.7. The molecule has 16 heteroatoms. The van der Waals surface area contributed by atoms with Crippen LogP contribution in [-0.4, -0.2) is 80.5 Å². The topological polar surface area (TPSA) is 121 Å². The number of anilines is 1. The molecule has 9 nitrogen and oxygen atoms in total. The van der Waals surface area contributed by atoms with Crippen molar-refractivity contribution in [1.29, 1.82) is 0 Å². The van der Waals surface area contributed by atoms with Gasteiger partial charge < -0.3 is 4.98 Å². The van der Waals surface area contributed by atoms with E-state index in [0.717, 1.165) is 30.8 Å². The number of nitrogens with zero attached hydrogens (tertiary/aromatic N) is 4. The number of carbonyl (C=O) groups excluding carboxylic acids is 1. The van der Waals surface area contributed by atoms with Crippen LogP contribution in [0.3, 0.4) is 0 Å². The molecule has 2 N–H and O–H groups in total. The first kappa shape index (κ1) is 28.0. The number of fused-ring (bicyclic) bond motifs is 1. The Labute approximate surface area is 245 Å². The van der Waals surface area contributed by atoms with Gasteiger partial charge in [-0.2, -0.15) is 8.42 Å². The summed E-state index contributed by atoms with van der Waals surface area (Å²) in [5.74, 6) is -0.752. The van der Waals surface area contributed by atoms with Gasteiger partial charge in [0, 0.05) is 57.8 Å². The highest BCUT2D eigenvalue weighted by Gasteiger charge is 2.49. The van der Waals surface area contributed by atoms with Crippen molar-refractivity contribution in [2.75, 3.05) is 4.72 Å². The van der Waals surface area contributed by atoms with Crippen LogP contribution < -0.4 is 4.72 Å². The number of benzene rings is 1. The number of pyridine rings is 1. The summed E-state index contributed by atoms with van der Waals surface area (Å²) >= 11 is 6.19. The lowest BCUT2D eigenvalue weighted by Gasteiger charge is -2.40. The maximum atomic E-state index is 15.8. The minimum Gasteiger partial charge on any atom is -0.345 e. The highest BCUT2D eigenvalue weighted by molar-refractivity contribution is 7.90. The highest BCUT2D eigenvalue weighted by atomic mass is 35.5. The molecule has 1 aliphatic heterocycles. The van der Waals surface area contributed by atoms with Crippen molar-refractivity contribution < 1.29 is 17.6 Å². The van der Waals surface area contributed by atoms with Crippen LogP contribution in [0.1, 0.15) is 53.3 Å². The maximum Gasteiger partial charge on any atom is 0.299 e. The first-order valence-corrected chi connectivity index (χ1v) is 14.4. The van der Waals surface area contributed by atoms with Gasteiger partial charge >= 0.3 is 0 Å². The van der Waals surface area contributed by atoms with E-state index < -0.39 is 43.7 Å². The molecule has 41 heavy (non-hydrogen) atoms. The third kappa shape index (κ3) is 5.08. The molecule has 1 aliphatic carbocycles. The van der Waals surface area contributed by atoms with Crippen LogP contribution in [0.2, 0.25) is 5.02 Å². The molecule has 1 aromatic carbocycles. The first-order valence-electron chi connectivity index (χ1n) is 12.6. The summed E-state index contributed by atoms with van der Waals surface area (Å²) in [4.78, 5) is 29.7. The molecule has 3 aromatic heterocycles. The number of hydrogen-bond donors (Lipinski definition) is 2. The Kier molecular flexibility index (Phi) is 6.63. The smallest absolute Gasteiger partial charge is 0.299 e. The molecule has 2 fully saturated rings. The second-order valence-electron chi connectivity index (χ2n) is 10.4. The van der Waals surface area contributed by atoms with E-state index in [1.165, 1.54) is 6.20 Å². The number of hydrogen-bond acceptors (Lipinski definition) is 6. The number of H-pyrrole nitrogens is 1. The quantitative estimate of drug-likeness (QED) is 0.256. The van der Waals surface area contributed by atoms with Crippen LogP contribution in [0.25, 0.3) is 22.2 Å². The summed E-state index contributed by atoms with van der Waals surface area (Å²) in [5.41, 5.74) is 0.713. The Bertz CT molecular complexity index is 1800. The van der Waals surface area contributed by atoms with Gasteiger partial charge in [-0.1, -0.05) is 11.6 Å². The van der Waals surface area contributed by atoms with Crippen molar-refractivity contribution >= 4 is 75.7 Å². The van der Waals surface area contributed by atoms with E-state index in [-0.39, 0.29) is 23.4 Å². The van der Waals surface area contributed by atoms with E-state index in [9.17, 15) is 13.2 Å². The predicted molar refractivity (Wildman–Crippen MR) is 156 cm³/mol. The fourth-order valence-electron chi connectivity index (χ4n) is 4.99. The standard InChI is InChI=1S/C25H18B4ClFN6O3S/c26-24(27)3-4-25(28,29)37(24)41(39,40)36-19-7-15(30)6-17(20(19)31)21(38)18-11-35-23-16(18)5-13(8-34-23)14-9-32-22(33-10-14)12-1-2-12/h5-12,36H,1-4H2,(H,34,35). The fourth-order valence-corrected chi connectivity index (χ4v) is 6.80. The van der Waals surface area contributed by atoms with Gasteiger partial charge in [-0.15, -0.1) is 0 Å². The molecule has 4 aromatic rings. The molecule has 1 saturated carbocycles. The number of aromatic nitrogens is 4. The largest absolute Gasteiger partial charge is 0.345 e. The normalized spacial score (nSPS) is 18.5. The molecule has 198 valence electrons. The second-order valence-corrected chi connectivity index (χ2v) is 12.4. The van der Waals surface area contributed by atoms with Gasteiger partial charge in [-0.05, 0) is 54.6 Å². The lowest BCUT2D eigenvalue weighted by molar-refractivity contribution is 0.103. The lowest BCUT2D eigenvalue weighted by atomic mass is 9.61. The van der Waals surface area contributed by atoms with Crippen LogP contribution >= 0.6 is 11.6 Å². The Morgan fingerprint density at radius 2 is 1.63 bits per heavy atom. The van der Waals surface area contributed by atoms with Crippen LogP contribution in [0.15, 0.2) is 43.0 Å². The van der Waals surface area contributed by atoms with Gasteiger partial charge in [0.05, 0.1) is 42.6 Å². The van der Waals surface area contributed by atoms with Crippen molar-refractivity contribution in [3.8, 4) is 11.1 Å². The summed E-state index contributed by atoms with van der Waals surface area (Å²) in [7, 11) is 19.0. The van der Waals surface area contributed by atoms with Crippen LogP contribution in [0.5, 0.6) is 0 Å². The number of halogens is 2. The summed E-state index contributed by atoms with van der Waals surface area (Å²) in [6, 6.07) is 3.82. The lowest BCUT2D eigenvalue weighted by Crippen LogP contribution is -2.60. The highest BCUT2D eigenvalue weighted by Crippen LogP contribution is 2.39. The molecule has 4 heterocycles. The number of ketones is 1. The molecule has 0 amide bonds. The van der Waals surface area contributed by atoms with Crippen LogP contribution in [0, 0.1) is 5.82 Å². The van der Waals surface area contributed by atoms with E-state index >= 15 is 4.39 Å². The average Bonchev–Trinajstić information content (AvgIpc) is 3.62. The second kappa shape index (κ2) is 9.71. The number of carbonyl (C=O) groups is 1. The van der Waals surface area contributed by atoms with E-state index in [2.05, 4.69) is 19.9 Å². The number of rotatable bonds is 7. The zero-order valence-electron chi connectivity index (χ0n) is 21.4. The van der Waals surface area contributed by atoms with E-state index in [4.69, 9.17) is 43.0 Å². The molecule has 8 radical (unpaired) electrons. The SMILES string of the molecule is [B]C1([B])CCC([B])([B])N1S(=O)(=O)Nc1cc(Cl)cc(C(=O)c2c[nH]c3ncc(-c4cnc(C5CC5)nc4)cc23)c1F. The summed E-state index contributed by atoms with van der Waals surface area (Å²) in [6.07, 6.45) is 8.45. The van der Waals surface area contributed by atoms with E-state index in [1.807, 2.05) is 4.72 Å². The van der Waals surface area contributed by atoms with Gasteiger partial charge in [-0.25, -0.2) is 23.6 Å². The third-order valence-electron chi connectivity index (χ3n) is 7.17. The molecular formula is C25H18B4ClFN6O3S. The van der Waals surface area contributed by atoms with Crippen molar-refractivity contribution in [1.82, 2.24) is 24.2 Å². The fraction of sp³-hybridized carbons (Fsp3) is 0.280. The van der Waals surface area contributed by atoms with Crippen LogP contribution in [-0.2, 0) is 10.2 Å². The third-order valence-corrected chi connectivity index (χ3v) is 9.02. The van der Waals surface area contributed by atoms with Gasteiger partial charge in [0.25, 0.3) is 10.2 Å². The van der Waals surface area contributed by atoms with Crippen molar-refractivity contribution in [3.05, 3.63) is 70.8 Å². The van der Waals surface area contributed by atoms with Gasteiger partial charge in [-0.3, -0.25) is 9.52 Å². The number of nitrogens with one attached hydrogen (secondary N) is 2. The zero-order valence-corrected chi connectivity index (χ0v) is 23.0. The van der Waals surface area contributed by atoms with E-state index in [0.29, 0.717) is 32.4 Å². The molecular weight excluding hydrogens is 562 g/mol. The minimum absolute atomic E-state index is 0.0456. The number of aromatic amines is 1. The first-order chi connectivity index (χ1) is 19.3. The molecule has 0 unspecified atom stereocenters. The summed E-state index contributed by atoms with van der Waals surface area (Å²) in [6.45, 7) is 0.